The topological polar surface area (TPSA) is 34.1 Å². The normalized spacial score (nSPS) is 30.0. The van der Waals surface area contributed by atoms with Crippen LogP contribution in [-0.2, 0) is 9.59 Å². The number of allylic oxidation sites excluding steroid dienone is 6. The fourth-order valence-electron chi connectivity index (χ4n) is 2.11. The molecule has 0 aromatic rings. The van der Waals surface area contributed by atoms with Crippen LogP contribution >= 0.6 is 0 Å². The third-order valence-corrected chi connectivity index (χ3v) is 2.91. The smallest absolute Gasteiger partial charge is 0.150 e. The maximum absolute atomic E-state index is 10.7. The first-order chi connectivity index (χ1) is 6.85. The molecule has 2 atom stereocenters. The molecule has 0 bridgehead atoms. The van der Waals surface area contributed by atoms with E-state index in [1.807, 2.05) is 12.2 Å². The first kappa shape index (κ1) is 9.13. The van der Waals surface area contributed by atoms with Crippen molar-refractivity contribution in [1.82, 2.24) is 0 Å². The minimum Gasteiger partial charge on any atom is -0.298 e. The van der Waals surface area contributed by atoms with E-state index in [0.29, 0.717) is 23.0 Å². The summed E-state index contributed by atoms with van der Waals surface area (Å²) in [6.45, 7) is 0. The summed E-state index contributed by atoms with van der Waals surface area (Å²) in [6, 6.07) is 0. The van der Waals surface area contributed by atoms with Crippen molar-refractivity contribution in [3.8, 4) is 0 Å². The van der Waals surface area contributed by atoms with Crippen molar-refractivity contribution in [3.05, 3.63) is 35.5 Å². The SMILES string of the molecule is O=CC1=CC2CC=CCC2C=C1C=O. The van der Waals surface area contributed by atoms with Gasteiger partial charge in [-0.2, -0.15) is 0 Å². The summed E-state index contributed by atoms with van der Waals surface area (Å²) in [6.07, 6.45) is 11.6. The van der Waals surface area contributed by atoms with Gasteiger partial charge in [0.15, 0.2) is 0 Å². The van der Waals surface area contributed by atoms with E-state index < -0.39 is 0 Å². The van der Waals surface area contributed by atoms with Gasteiger partial charge in [-0.3, -0.25) is 9.59 Å². The fraction of sp³-hybridized carbons (Fsp3) is 0.333. The first-order valence-corrected chi connectivity index (χ1v) is 4.84. The minimum absolute atomic E-state index is 0.406. The number of fused-ring (bicyclic) bond motifs is 1. The average molecular weight is 188 g/mol. The summed E-state index contributed by atoms with van der Waals surface area (Å²) in [5.74, 6) is 0.813. The number of hydrogen-bond acceptors (Lipinski definition) is 2. The van der Waals surface area contributed by atoms with Gasteiger partial charge in [-0.1, -0.05) is 24.3 Å². The maximum atomic E-state index is 10.7. The Morgan fingerprint density at radius 1 is 0.929 bits per heavy atom. The molecule has 2 unspecified atom stereocenters. The Kier molecular flexibility index (Phi) is 2.44. The predicted molar refractivity (Wildman–Crippen MR) is 53.6 cm³/mol. The van der Waals surface area contributed by atoms with E-state index in [-0.39, 0.29) is 0 Å². The molecule has 0 saturated carbocycles. The van der Waals surface area contributed by atoms with Crippen molar-refractivity contribution in [2.24, 2.45) is 11.8 Å². The van der Waals surface area contributed by atoms with E-state index in [9.17, 15) is 9.59 Å². The molecule has 2 nitrogen and oxygen atoms in total. The maximum Gasteiger partial charge on any atom is 0.150 e. The van der Waals surface area contributed by atoms with Crippen molar-refractivity contribution in [1.29, 1.82) is 0 Å². The highest BCUT2D eigenvalue weighted by Crippen LogP contribution is 2.34. The van der Waals surface area contributed by atoms with Gasteiger partial charge < -0.3 is 0 Å². The monoisotopic (exact) mass is 188 g/mol. The molecule has 0 aliphatic heterocycles. The number of aldehydes is 2. The zero-order chi connectivity index (χ0) is 9.97. The molecule has 0 N–H and O–H groups in total. The molecular weight excluding hydrogens is 176 g/mol. The summed E-state index contributed by atoms with van der Waals surface area (Å²) in [7, 11) is 0. The highest BCUT2D eigenvalue weighted by molar-refractivity contribution is 5.95. The Labute approximate surface area is 83.0 Å². The van der Waals surface area contributed by atoms with Gasteiger partial charge in [0.05, 0.1) is 0 Å². The zero-order valence-corrected chi connectivity index (χ0v) is 7.85. The Bertz CT molecular complexity index is 313. The van der Waals surface area contributed by atoms with Crippen LogP contribution in [0.2, 0.25) is 0 Å². The van der Waals surface area contributed by atoms with Crippen LogP contribution < -0.4 is 0 Å². The Morgan fingerprint density at radius 3 is 1.71 bits per heavy atom. The lowest BCUT2D eigenvalue weighted by atomic mass is 9.77. The van der Waals surface area contributed by atoms with Gasteiger partial charge in [0, 0.05) is 11.1 Å². The predicted octanol–water partition coefficient (Wildman–Crippen LogP) is 1.83. The van der Waals surface area contributed by atoms with Crippen LogP contribution in [0.1, 0.15) is 12.8 Å². The molecule has 0 aromatic carbocycles. The van der Waals surface area contributed by atoms with E-state index >= 15 is 0 Å². The Balaban J connectivity index is 2.33. The summed E-state index contributed by atoms with van der Waals surface area (Å²) < 4.78 is 0. The lowest BCUT2D eigenvalue weighted by Crippen LogP contribution is -2.18. The van der Waals surface area contributed by atoms with Crippen molar-refractivity contribution >= 4 is 12.6 Å². The average Bonchev–Trinajstić information content (AvgIpc) is 2.27. The van der Waals surface area contributed by atoms with E-state index in [1.54, 1.807) is 0 Å². The standard InChI is InChI=1S/C12H12O2/c13-7-11-5-9-3-1-2-4-10(9)6-12(11)8-14/h1-2,5-10H,3-4H2. The summed E-state index contributed by atoms with van der Waals surface area (Å²) in [5.41, 5.74) is 1.10. The molecular formula is C12H12O2. The highest BCUT2D eigenvalue weighted by atomic mass is 16.1. The fourth-order valence-corrected chi connectivity index (χ4v) is 2.11. The molecule has 72 valence electrons. The lowest BCUT2D eigenvalue weighted by Gasteiger charge is -2.27. The molecule has 2 aliphatic carbocycles. The molecule has 2 aliphatic rings. The molecule has 2 heteroatoms. The Hall–Kier alpha value is -1.44. The molecule has 0 radical (unpaired) electrons. The van der Waals surface area contributed by atoms with Crippen LogP contribution in [0.5, 0.6) is 0 Å². The number of rotatable bonds is 2. The summed E-state index contributed by atoms with van der Waals surface area (Å²) in [4.78, 5) is 21.4. The van der Waals surface area contributed by atoms with E-state index in [4.69, 9.17) is 0 Å². The molecule has 0 fully saturated rings. The third kappa shape index (κ3) is 1.48. The highest BCUT2D eigenvalue weighted by Gasteiger charge is 2.24. The van der Waals surface area contributed by atoms with Crippen LogP contribution in [0.3, 0.4) is 0 Å². The van der Waals surface area contributed by atoms with E-state index in [1.165, 1.54) is 0 Å². The Morgan fingerprint density at radius 2 is 1.36 bits per heavy atom. The van der Waals surface area contributed by atoms with Crippen molar-refractivity contribution in [3.63, 3.8) is 0 Å². The van der Waals surface area contributed by atoms with Crippen LogP contribution in [0.4, 0.5) is 0 Å². The van der Waals surface area contributed by atoms with Gasteiger partial charge in [0.2, 0.25) is 0 Å². The first-order valence-electron chi connectivity index (χ1n) is 4.84. The molecule has 14 heavy (non-hydrogen) atoms. The van der Waals surface area contributed by atoms with Crippen LogP contribution in [0, 0.1) is 11.8 Å². The van der Waals surface area contributed by atoms with Gasteiger partial charge in [-0.15, -0.1) is 0 Å². The van der Waals surface area contributed by atoms with Gasteiger partial charge in [-0.25, -0.2) is 0 Å². The minimum atomic E-state index is 0.406. The van der Waals surface area contributed by atoms with E-state index in [0.717, 1.165) is 25.4 Å². The second-order valence-corrected chi connectivity index (χ2v) is 3.75. The molecule has 0 saturated heterocycles. The van der Waals surface area contributed by atoms with Gasteiger partial charge in [0.25, 0.3) is 0 Å². The quantitative estimate of drug-likeness (QED) is 0.489. The van der Waals surface area contributed by atoms with Gasteiger partial charge >= 0.3 is 0 Å². The summed E-state index contributed by atoms with van der Waals surface area (Å²) in [5, 5.41) is 0. The lowest BCUT2D eigenvalue weighted by molar-refractivity contribution is -0.107. The second-order valence-electron chi connectivity index (χ2n) is 3.75. The molecule has 2 rings (SSSR count). The largest absolute Gasteiger partial charge is 0.298 e. The zero-order valence-electron chi connectivity index (χ0n) is 7.85. The number of carbonyl (C=O) groups excluding carboxylic acids is 2. The molecule has 0 spiro atoms. The van der Waals surface area contributed by atoms with E-state index in [2.05, 4.69) is 12.2 Å². The van der Waals surface area contributed by atoms with Gasteiger partial charge in [0.1, 0.15) is 12.6 Å². The number of carbonyl (C=O) groups is 2. The number of hydrogen-bond donors (Lipinski definition) is 0. The molecule has 0 heterocycles. The van der Waals surface area contributed by atoms with Crippen LogP contribution in [0.15, 0.2) is 35.5 Å². The third-order valence-electron chi connectivity index (χ3n) is 2.91. The molecule has 0 amide bonds. The van der Waals surface area contributed by atoms with Crippen LogP contribution in [-0.4, -0.2) is 12.6 Å². The second kappa shape index (κ2) is 3.74. The van der Waals surface area contributed by atoms with Crippen LogP contribution in [0.25, 0.3) is 0 Å². The van der Waals surface area contributed by atoms with Crippen molar-refractivity contribution < 1.29 is 9.59 Å². The molecule has 0 aromatic heterocycles. The van der Waals surface area contributed by atoms with Crippen molar-refractivity contribution in [2.45, 2.75) is 12.8 Å². The van der Waals surface area contributed by atoms with Crippen molar-refractivity contribution in [2.75, 3.05) is 0 Å². The van der Waals surface area contributed by atoms with Gasteiger partial charge in [-0.05, 0) is 24.7 Å². The summed E-state index contributed by atoms with van der Waals surface area (Å²) >= 11 is 0.